The van der Waals surface area contributed by atoms with Crippen LogP contribution >= 0.6 is 34.9 Å². The fourth-order valence-electron chi connectivity index (χ4n) is 2.92. The summed E-state index contributed by atoms with van der Waals surface area (Å²) in [6.45, 7) is 9.12. The summed E-state index contributed by atoms with van der Waals surface area (Å²) in [5.74, 6) is -1.13. The topological polar surface area (TPSA) is 72.8 Å². The van der Waals surface area contributed by atoms with E-state index in [0.717, 1.165) is 17.4 Å². The van der Waals surface area contributed by atoms with Gasteiger partial charge < -0.3 is 14.2 Å². The lowest BCUT2D eigenvalue weighted by Crippen LogP contribution is -2.20. The van der Waals surface area contributed by atoms with E-state index in [0.29, 0.717) is 22.1 Å². The summed E-state index contributed by atoms with van der Waals surface area (Å²) in [7, 11) is -6.23. The molecule has 1 aromatic carbocycles. The number of thiophene rings is 1. The SMILES string of the molecule is CCOP(=O)(OCC)C(F)(F)c1sc2c(CC[Si](C)(C)C)cc(C(=O)O)cc2c1Br. The fraction of sp³-hybridized carbons (Fsp3) is 0.526. The first-order chi connectivity index (χ1) is 13.8. The van der Waals surface area contributed by atoms with Crippen LogP contribution in [-0.4, -0.2) is 32.4 Å². The molecule has 0 saturated heterocycles. The maximum Gasteiger partial charge on any atom is 0.405 e. The Bertz CT molecular complexity index is 979. The maximum atomic E-state index is 15.4. The Labute approximate surface area is 188 Å². The van der Waals surface area contributed by atoms with Crippen molar-refractivity contribution in [1.29, 1.82) is 0 Å². The van der Waals surface area contributed by atoms with Crippen molar-refractivity contribution in [2.45, 2.75) is 51.6 Å². The predicted molar refractivity (Wildman–Crippen MR) is 123 cm³/mol. The number of halogens is 3. The molecular formula is C19H26BrF2O5PSSi. The molecule has 2 rings (SSSR count). The van der Waals surface area contributed by atoms with E-state index in [-0.39, 0.29) is 23.2 Å². The molecule has 11 heteroatoms. The van der Waals surface area contributed by atoms with E-state index in [2.05, 4.69) is 35.6 Å². The van der Waals surface area contributed by atoms with Gasteiger partial charge in [-0.15, -0.1) is 11.3 Å². The second-order valence-electron chi connectivity index (χ2n) is 8.00. The predicted octanol–water partition coefficient (Wildman–Crippen LogP) is 7.56. The lowest BCUT2D eigenvalue weighted by Gasteiger charge is -2.25. The average Bonchev–Trinajstić information content (AvgIpc) is 2.97. The standard InChI is InChI=1S/C19H26BrF2O5PSSi/c1-6-26-28(25,27-7-2)19(21,22)17-15(20)14-11-13(18(23)24)10-12(16(14)29-17)8-9-30(3,4)5/h10-11H,6-9H2,1-5H3,(H,23,24). The molecule has 1 N–H and O–H groups in total. The summed E-state index contributed by atoms with van der Waals surface area (Å²) >= 11 is 4.00. The molecule has 30 heavy (non-hydrogen) atoms. The van der Waals surface area contributed by atoms with Crippen molar-refractivity contribution in [3.05, 3.63) is 32.6 Å². The molecule has 0 atom stereocenters. The second-order valence-corrected chi connectivity index (χ2v) is 17.5. The van der Waals surface area contributed by atoms with Gasteiger partial charge in [0.2, 0.25) is 0 Å². The van der Waals surface area contributed by atoms with Crippen LogP contribution < -0.4 is 0 Å². The lowest BCUT2D eigenvalue weighted by molar-refractivity contribution is 0.0387. The molecule has 0 unspecified atom stereocenters. The highest BCUT2D eigenvalue weighted by atomic mass is 79.9. The average molecular weight is 543 g/mol. The third-order valence-electron chi connectivity index (χ3n) is 4.41. The Morgan fingerprint density at radius 1 is 1.23 bits per heavy atom. The van der Waals surface area contributed by atoms with Crippen molar-refractivity contribution in [2.75, 3.05) is 13.2 Å². The largest absolute Gasteiger partial charge is 0.478 e. The summed E-state index contributed by atoms with van der Waals surface area (Å²) in [6, 6.07) is 3.78. The Hall–Kier alpha value is -0.643. The van der Waals surface area contributed by atoms with Gasteiger partial charge in [-0.05, 0) is 53.9 Å². The Morgan fingerprint density at radius 2 is 1.80 bits per heavy atom. The Balaban J connectivity index is 2.72. The zero-order valence-corrected chi connectivity index (χ0v) is 21.8. The molecular weight excluding hydrogens is 517 g/mol. The van der Waals surface area contributed by atoms with Crippen molar-refractivity contribution in [3.63, 3.8) is 0 Å². The molecule has 0 bridgehead atoms. The number of rotatable bonds is 10. The molecule has 1 aromatic heterocycles. The van der Waals surface area contributed by atoms with Gasteiger partial charge in [-0.3, -0.25) is 4.57 Å². The van der Waals surface area contributed by atoms with Crippen molar-refractivity contribution >= 4 is 59.0 Å². The van der Waals surface area contributed by atoms with Gasteiger partial charge in [0.05, 0.1) is 18.8 Å². The molecule has 0 aliphatic heterocycles. The quantitative estimate of drug-likeness (QED) is 0.247. The van der Waals surface area contributed by atoms with E-state index in [9.17, 15) is 14.5 Å². The molecule has 0 amide bonds. The van der Waals surface area contributed by atoms with Crippen LogP contribution in [-0.2, 0) is 25.7 Å². The maximum absolute atomic E-state index is 15.4. The van der Waals surface area contributed by atoms with E-state index in [4.69, 9.17) is 9.05 Å². The minimum absolute atomic E-state index is 0.0180. The smallest absolute Gasteiger partial charge is 0.405 e. The first-order valence-corrected chi connectivity index (χ1v) is 16.4. The highest BCUT2D eigenvalue weighted by molar-refractivity contribution is 9.10. The highest BCUT2D eigenvalue weighted by Gasteiger charge is 2.57. The highest BCUT2D eigenvalue weighted by Crippen LogP contribution is 2.69. The number of hydrogen-bond donors (Lipinski definition) is 1. The molecule has 2 aromatic rings. The molecule has 0 radical (unpaired) electrons. The van der Waals surface area contributed by atoms with Crippen molar-refractivity contribution in [1.82, 2.24) is 0 Å². The van der Waals surface area contributed by atoms with Gasteiger partial charge in [0.15, 0.2) is 0 Å². The number of aryl methyl sites for hydroxylation is 1. The first kappa shape index (κ1) is 25.6. The van der Waals surface area contributed by atoms with Crippen LogP contribution in [0.15, 0.2) is 16.6 Å². The van der Waals surface area contributed by atoms with Crippen molar-refractivity contribution in [2.24, 2.45) is 0 Å². The summed E-state index contributed by atoms with van der Waals surface area (Å²) < 4.78 is 54.1. The summed E-state index contributed by atoms with van der Waals surface area (Å²) in [6.07, 6.45) is 0.583. The second kappa shape index (κ2) is 9.46. The summed E-state index contributed by atoms with van der Waals surface area (Å²) in [4.78, 5) is 11.1. The molecule has 0 fully saturated rings. The Morgan fingerprint density at radius 3 is 2.27 bits per heavy atom. The summed E-state index contributed by atoms with van der Waals surface area (Å²) in [5, 5.41) is 9.85. The number of alkyl halides is 2. The lowest BCUT2D eigenvalue weighted by atomic mass is 10.1. The van der Waals surface area contributed by atoms with E-state index in [1.165, 1.54) is 19.9 Å². The Kier molecular flexibility index (Phi) is 8.08. The van der Waals surface area contributed by atoms with Crippen LogP contribution in [0.1, 0.15) is 34.6 Å². The van der Waals surface area contributed by atoms with Crippen LogP contribution in [0.25, 0.3) is 10.1 Å². The molecule has 0 saturated carbocycles. The molecule has 5 nitrogen and oxygen atoms in total. The normalized spacial score (nSPS) is 13.2. The third kappa shape index (κ3) is 5.22. The van der Waals surface area contributed by atoms with Gasteiger partial charge in [0.25, 0.3) is 0 Å². The van der Waals surface area contributed by atoms with Crippen LogP contribution in [0.5, 0.6) is 0 Å². The number of aromatic carboxylic acids is 1. The fourth-order valence-corrected chi connectivity index (χ4v) is 8.03. The van der Waals surface area contributed by atoms with E-state index >= 15 is 8.78 Å². The van der Waals surface area contributed by atoms with Gasteiger partial charge in [0.1, 0.15) is 4.88 Å². The van der Waals surface area contributed by atoms with Crippen LogP contribution in [0.4, 0.5) is 8.78 Å². The monoisotopic (exact) mass is 542 g/mol. The van der Waals surface area contributed by atoms with E-state index in [1.54, 1.807) is 6.07 Å². The van der Waals surface area contributed by atoms with Gasteiger partial charge in [-0.1, -0.05) is 25.7 Å². The van der Waals surface area contributed by atoms with Crippen LogP contribution in [0.3, 0.4) is 0 Å². The van der Waals surface area contributed by atoms with Gasteiger partial charge in [-0.2, -0.15) is 8.78 Å². The van der Waals surface area contributed by atoms with Gasteiger partial charge in [0, 0.05) is 22.6 Å². The number of benzene rings is 1. The van der Waals surface area contributed by atoms with E-state index in [1.807, 2.05) is 0 Å². The minimum atomic E-state index is -4.78. The van der Waals surface area contributed by atoms with Gasteiger partial charge in [-0.25, -0.2) is 4.79 Å². The number of fused-ring (bicyclic) bond motifs is 1. The number of carboxylic acids is 1. The minimum Gasteiger partial charge on any atom is -0.478 e. The number of hydrogen-bond acceptors (Lipinski definition) is 5. The zero-order chi connectivity index (χ0) is 22.9. The molecule has 0 aliphatic carbocycles. The van der Waals surface area contributed by atoms with E-state index < -0.39 is 32.2 Å². The number of carbonyl (C=O) groups is 1. The summed E-state index contributed by atoms with van der Waals surface area (Å²) in [5.41, 5.74) is -3.16. The molecule has 0 spiro atoms. The third-order valence-corrected chi connectivity index (χ3v) is 10.9. The molecule has 0 aliphatic rings. The van der Waals surface area contributed by atoms with Crippen molar-refractivity contribution < 1.29 is 32.3 Å². The molecule has 168 valence electrons. The van der Waals surface area contributed by atoms with Crippen molar-refractivity contribution in [3.8, 4) is 0 Å². The first-order valence-electron chi connectivity index (χ1n) is 9.53. The van der Waals surface area contributed by atoms with Crippen LogP contribution in [0.2, 0.25) is 25.7 Å². The number of carboxylic acid groups (broad SMARTS) is 1. The zero-order valence-electron chi connectivity index (χ0n) is 17.6. The molecule has 1 heterocycles. The van der Waals surface area contributed by atoms with Crippen LogP contribution in [0, 0.1) is 0 Å². The van der Waals surface area contributed by atoms with Gasteiger partial charge >= 0.3 is 19.2 Å².